The molecular formula is C8H6N2O4S2. The van der Waals surface area contributed by atoms with E-state index in [9.17, 15) is 13.2 Å². The zero-order valence-electron chi connectivity index (χ0n) is 7.77. The summed E-state index contributed by atoms with van der Waals surface area (Å²) in [6.45, 7) is 0. The van der Waals surface area contributed by atoms with Gasteiger partial charge < -0.3 is 0 Å². The van der Waals surface area contributed by atoms with Crippen molar-refractivity contribution in [1.82, 2.24) is 4.41 Å². The normalized spacial score (nSPS) is 10.3. The summed E-state index contributed by atoms with van der Waals surface area (Å²) >= 11 is 4.18. The van der Waals surface area contributed by atoms with E-state index in [1.165, 1.54) is 24.3 Å². The molecule has 0 saturated heterocycles. The number of hydrazone groups is 1. The van der Waals surface area contributed by atoms with Gasteiger partial charge in [0.2, 0.25) is 0 Å². The lowest BCUT2D eigenvalue weighted by Crippen LogP contribution is -2.31. The molecule has 0 aromatic heterocycles. The molecule has 1 rings (SSSR count). The first kappa shape index (κ1) is 12.5. The van der Waals surface area contributed by atoms with Gasteiger partial charge in [0.05, 0.1) is 5.16 Å². The van der Waals surface area contributed by atoms with Gasteiger partial charge in [-0.1, -0.05) is 27.7 Å². The van der Waals surface area contributed by atoms with Crippen molar-refractivity contribution in [2.75, 3.05) is 0 Å². The number of carbonyl (C=O) groups excluding carboxylic acids is 1. The second-order valence-electron chi connectivity index (χ2n) is 2.58. The molecule has 0 aliphatic heterocycles. The molecule has 0 aliphatic rings. The Bertz CT molecular complexity index is 534. The van der Waals surface area contributed by atoms with Crippen LogP contribution in [-0.4, -0.2) is 28.5 Å². The van der Waals surface area contributed by atoms with E-state index in [1.54, 1.807) is 11.2 Å². The van der Waals surface area contributed by atoms with E-state index in [2.05, 4.69) is 17.3 Å². The molecule has 16 heavy (non-hydrogen) atoms. The maximum atomic E-state index is 11.6. The van der Waals surface area contributed by atoms with Crippen LogP contribution in [0.25, 0.3) is 0 Å². The SMILES string of the molecule is O=C(c1ccccc1)N(N=C=S)S(=O)(=O)O. The number of nitrogens with zero attached hydrogens (tertiary/aromatic N) is 2. The third-order valence-electron chi connectivity index (χ3n) is 1.54. The second-order valence-corrected chi connectivity index (χ2v) is 4.01. The predicted molar refractivity (Wildman–Crippen MR) is 59.2 cm³/mol. The zero-order chi connectivity index (χ0) is 12.2. The quantitative estimate of drug-likeness (QED) is 0.377. The molecule has 1 aromatic rings. The molecule has 6 nitrogen and oxygen atoms in total. The van der Waals surface area contributed by atoms with Crippen LogP contribution in [0.2, 0.25) is 0 Å². The number of rotatable bonds is 3. The highest BCUT2D eigenvalue weighted by atomic mass is 32.2. The Labute approximate surface area is 97.1 Å². The van der Waals surface area contributed by atoms with Crippen LogP contribution in [0.3, 0.4) is 0 Å². The van der Waals surface area contributed by atoms with E-state index in [0.29, 0.717) is 0 Å². The summed E-state index contributed by atoms with van der Waals surface area (Å²) in [5.74, 6) is -1.01. The summed E-state index contributed by atoms with van der Waals surface area (Å²) in [7, 11) is -4.79. The largest absolute Gasteiger partial charge is 0.383 e. The van der Waals surface area contributed by atoms with Gasteiger partial charge in [-0.25, -0.2) is 0 Å². The zero-order valence-corrected chi connectivity index (χ0v) is 9.40. The van der Waals surface area contributed by atoms with E-state index >= 15 is 0 Å². The van der Waals surface area contributed by atoms with Gasteiger partial charge in [-0.05, 0) is 24.4 Å². The third kappa shape index (κ3) is 2.94. The number of hydrogen-bond acceptors (Lipinski definition) is 5. The summed E-state index contributed by atoms with van der Waals surface area (Å²) in [5.41, 5.74) is 0.0501. The van der Waals surface area contributed by atoms with Gasteiger partial charge in [0.25, 0.3) is 5.91 Å². The maximum absolute atomic E-state index is 11.6. The van der Waals surface area contributed by atoms with Crippen LogP contribution < -0.4 is 0 Å². The van der Waals surface area contributed by atoms with Crippen LogP contribution in [-0.2, 0) is 10.3 Å². The Morgan fingerprint density at radius 1 is 1.38 bits per heavy atom. The molecule has 0 heterocycles. The maximum Gasteiger partial charge on any atom is 0.383 e. The monoisotopic (exact) mass is 258 g/mol. The van der Waals surface area contributed by atoms with Gasteiger partial charge >= 0.3 is 10.3 Å². The molecule has 84 valence electrons. The van der Waals surface area contributed by atoms with Crippen molar-refractivity contribution in [1.29, 1.82) is 0 Å². The van der Waals surface area contributed by atoms with Gasteiger partial charge in [-0.2, -0.15) is 8.42 Å². The van der Waals surface area contributed by atoms with Crippen LogP contribution >= 0.6 is 12.2 Å². The fourth-order valence-electron chi connectivity index (χ4n) is 0.930. The van der Waals surface area contributed by atoms with Crippen molar-refractivity contribution >= 4 is 33.6 Å². The molecule has 1 amide bonds. The van der Waals surface area contributed by atoms with Gasteiger partial charge in [0.1, 0.15) is 0 Å². The first-order chi connectivity index (χ1) is 7.46. The summed E-state index contributed by atoms with van der Waals surface area (Å²) in [6.07, 6.45) is 0. The van der Waals surface area contributed by atoms with Crippen molar-refractivity contribution in [3.05, 3.63) is 35.9 Å². The van der Waals surface area contributed by atoms with Crippen LogP contribution in [0, 0.1) is 0 Å². The van der Waals surface area contributed by atoms with Gasteiger partial charge in [-0.15, -0.1) is 0 Å². The molecular weight excluding hydrogens is 252 g/mol. The minimum atomic E-state index is -4.79. The number of isothiocyanates is 1. The number of amides is 1. The molecule has 8 heteroatoms. The van der Waals surface area contributed by atoms with E-state index in [1.807, 2.05) is 0 Å². The summed E-state index contributed by atoms with van der Waals surface area (Å²) in [5, 5.41) is 4.68. The van der Waals surface area contributed by atoms with Crippen molar-refractivity contribution in [3.63, 3.8) is 0 Å². The Balaban J connectivity index is 3.17. The number of hydrogen-bond donors (Lipinski definition) is 1. The third-order valence-corrected chi connectivity index (χ3v) is 2.31. The van der Waals surface area contributed by atoms with Gasteiger partial charge in [0, 0.05) is 5.56 Å². The highest BCUT2D eigenvalue weighted by Gasteiger charge is 2.26. The van der Waals surface area contributed by atoms with E-state index in [-0.39, 0.29) is 9.98 Å². The summed E-state index contributed by atoms with van der Waals surface area (Å²) in [4.78, 5) is 11.6. The molecule has 1 aromatic carbocycles. The standard InChI is InChI=1S/C8H6N2O4S2/c11-8(7-4-2-1-3-5-7)10(9-6-15)16(12,13)14/h1-5H,(H,12,13,14). The number of benzene rings is 1. The first-order valence-corrected chi connectivity index (χ1v) is 5.72. The Hall–Kier alpha value is -1.60. The lowest BCUT2D eigenvalue weighted by molar-refractivity contribution is 0.0856. The Kier molecular flexibility index (Phi) is 3.86. The topological polar surface area (TPSA) is 87.0 Å². The Morgan fingerprint density at radius 2 is 1.94 bits per heavy atom. The van der Waals surface area contributed by atoms with Crippen molar-refractivity contribution in [3.8, 4) is 0 Å². The molecule has 0 spiro atoms. The lowest BCUT2D eigenvalue weighted by atomic mass is 10.2. The average molecular weight is 258 g/mol. The summed E-state index contributed by atoms with van der Waals surface area (Å²) < 4.78 is 30.2. The number of carbonyl (C=O) groups is 1. The Morgan fingerprint density at radius 3 is 2.38 bits per heavy atom. The van der Waals surface area contributed by atoms with Crippen molar-refractivity contribution in [2.45, 2.75) is 0 Å². The smallest absolute Gasteiger partial charge is 0.268 e. The molecule has 0 saturated carbocycles. The first-order valence-electron chi connectivity index (χ1n) is 3.91. The molecule has 0 unspecified atom stereocenters. The fourth-order valence-corrected chi connectivity index (χ4v) is 1.52. The predicted octanol–water partition coefficient (Wildman–Crippen LogP) is 0.949. The van der Waals surface area contributed by atoms with E-state index in [4.69, 9.17) is 4.55 Å². The van der Waals surface area contributed by atoms with Gasteiger partial charge in [0.15, 0.2) is 0 Å². The highest BCUT2D eigenvalue weighted by molar-refractivity contribution is 7.84. The van der Waals surface area contributed by atoms with Crippen LogP contribution in [0.1, 0.15) is 10.4 Å². The number of thiocarbonyl (C=S) groups is 1. The minimum absolute atomic E-state index is 0.0501. The molecule has 1 N–H and O–H groups in total. The molecule has 0 fully saturated rings. The molecule has 0 atom stereocenters. The second kappa shape index (κ2) is 4.95. The minimum Gasteiger partial charge on any atom is -0.268 e. The average Bonchev–Trinajstić information content (AvgIpc) is 2.25. The van der Waals surface area contributed by atoms with E-state index < -0.39 is 16.2 Å². The van der Waals surface area contributed by atoms with Crippen LogP contribution in [0.5, 0.6) is 0 Å². The fraction of sp³-hybridized carbons (Fsp3) is 0. The van der Waals surface area contributed by atoms with Crippen LogP contribution in [0.4, 0.5) is 0 Å². The lowest BCUT2D eigenvalue weighted by Gasteiger charge is -2.10. The molecule has 0 bridgehead atoms. The van der Waals surface area contributed by atoms with Crippen LogP contribution in [0.15, 0.2) is 35.4 Å². The van der Waals surface area contributed by atoms with Gasteiger partial charge in [-0.3, -0.25) is 9.35 Å². The summed E-state index contributed by atoms with van der Waals surface area (Å²) in [6, 6.07) is 7.48. The molecule has 0 radical (unpaired) electrons. The molecule has 0 aliphatic carbocycles. The van der Waals surface area contributed by atoms with Crippen molar-refractivity contribution in [2.24, 2.45) is 5.10 Å². The highest BCUT2D eigenvalue weighted by Crippen LogP contribution is 2.08. The van der Waals surface area contributed by atoms with Crippen molar-refractivity contribution < 1.29 is 17.8 Å². The van der Waals surface area contributed by atoms with E-state index in [0.717, 1.165) is 0 Å².